The number of hydrogen-bond acceptors (Lipinski definition) is 2. The van der Waals surface area contributed by atoms with Gasteiger partial charge in [0.2, 0.25) is 0 Å². The smallest absolute Gasteiger partial charge is 0.0434 e. The molecule has 0 saturated carbocycles. The van der Waals surface area contributed by atoms with Crippen molar-refractivity contribution in [2.75, 3.05) is 19.7 Å². The van der Waals surface area contributed by atoms with Gasteiger partial charge in [-0.3, -0.25) is 0 Å². The molecule has 1 aromatic rings. The number of nitrogens with one attached hydrogen (secondary N) is 1. The van der Waals surface area contributed by atoms with Gasteiger partial charge >= 0.3 is 0 Å². The van der Waals surface area contributed by atoms with Gasteiger partial charge in [-0.25, -0.2) is 0 Å². The third-order valence-electron chi connectivity index (χ3n) is 2.49. The normalized spacial score (nSPS) is 13.1. The van der Waals surface area contributed by atoms with E-state index in [0.29, 0.717) is 5.92 Å². The van der Waals surface area contributed by atoms with Crippen LogP contribution in [0.25, 0.3) is 6.08 Å². The van der Waals surface area contributed by atoms with Crippen LogP contribution in [0.3, 0.4) is 0 Å². The first-order chi connectivity index (χ1) is 7.83. The highest BCUT2D eigenvalue weighted by Crippen LogP contribution is 2.00. The second-order valence-electron chi connectivity index (χ2n) is 4.09. The Morgan fingerprint density at radius 2 is 2.06 bits per heavy atom. The first kappa shape index (κ1) is 12.9. The Kier molecular flexibility index (Phi) is 6.54. The molecule has 0 heterocycles. The van der Waals surface area contributed by atoms with Crippen LogP contribution in [0.2, 0.25) is 0 Å². The number of aliphatic hydroxyl groups is 1. The summed E-state index contributed by atoms with van der Waals surface area (Å²) in [5, 5.41) is 12.1. The fourth-order valence-corrected chi connectivity index (χ4v) is 1.49. The van der Waals surface area contributed by atoms with Gasteiger partial charge in [-0.05, 0) is 24.4 Å². The first-order valence-corrected chi connectivity index (χ1v) is 5.86. The molecule has 16 heavy (non-hydrogen) atoms. The van der Waals surface area contributed by atoms with Crippen molar-refractivity contribution in [2.45, 2.75) is 13.3 Å². The van der Waals surface area contributed by atoms with E-state index in [2.05, 4.69) is 36.5 Å². The van der Waals surface area contributed by atoms with Crippen LogP contribution >= 0.6 is 0 Å². The Hall–Kier alpha value is -1.12. The van der Waals surface area contributed by atoms with E-state index in [4.69, 9.17) is 5.11 Å². The second-order valence-corrected chi connectivity index (χ2v) is 4.09. The molecule has 0 aromatic heterocycles. The summed E-state index contributed by atoms with van der Waals surface area (Å²) in [5.41, 5.74) is 1.23. The maximum Gasteiger partial charge on any atom is 0.0434 e. The van der Waals surface area contributed by atoms with Crippen LogP contribution in [0.4, 0.5) is 0 Å². The van der Waals surface area contributed by atoms with Gasteiger partial charge in [-0.15, -0.1) is 0 Å². The number of hydrogen-bond donors (Lipinski definition) is 2. The van der Waals surface area contributed by atoms with Crippen molar-refractivity contribution < 1.29 is 5.11 Å². The van der Waals surface area contributed by atoms with E-state index in [1.54, 1.807) is 0 Å². The van der Waals surface area contributed by atoms with Gasteiger partial charge in [0.1, 0.15) is 0 Å². The Morgan fingerprint density at radius 1 is 1.31 bits per heavy atom. The summed E-state index contributed by atoms with van der Waals surface area (Å²) in [7, 11) is 0. The van der Waals surface area contributed by atoms with Gasteiger partial charge in [0.25, 0.3) is 0 Å². The van der Waals surface area contributed by atoms with Crippen LogP contribution in [0.1, 0.15) is 18.9 Å². The molecule has 1 aromatic carbocycles. The van der Waals surface area contributed by atoms with Gasteiger partial charge < -0.3 is 10.4 Å². The molecule has 0 aliphatic carbocycles. The van der Waals surface area contributed by atoms with E-state index in [-0.39, 0.29) is 6.61 Å². The largest absolute Gasteiger partial charge is 0.396 e. The Morgan fingerprint density at radius 3 is 2.75 bits per heavy atom. The van der Waals surface area contributed by atoms with Crippen LogP contribution < -0.4 is 5.32 Å². The summed E-state index contributed by atoms with van der Waals surface area (Å²) in [6.45, 7) is 4.26. The highest BCUT2D eigenvalue weighted by atomic mass is 16.3. The summed E-state index contributed by atoms with van der Waals surface area (Å²) in [4.78, 5) is 0. The summed E-state index contributed by atoms with van der Waals surface area (Å²) < 4.78 is 0. The molecule has 88 valence electrons. The van der Waals surface area contributed by atoms with E-state index in [0.717, 1.165) is 19.5 Å². The topological polar surface area (TPSA) is 32.3 Å². The average Bonchev–Trinajstić information content (AvgIpc) is 2.30. The standard InChI is InChI=1S/C14H21NO/c1-13(9-11-16)12-15-10-5-8-14-6-3-2-4-7-14/h2-8,13,15-16H,9-12H2,1H3. The van der Waals surface area contributed by atoms with Crippen molar-refractivity contribution in [3.05, 3.63) is 42.0 Å². The molecule has 0 aliphatic heterocycles. The van der Waals surface area contributed by atoms with Crippen molar-refractivity contribution in [1.29, 1.82) is 0 Å². The zero-order valence-corrected chi connectivity index (χ0v) is 9.89. The van der Waals surface area contributed by atoms with Crippen molar-refractivity contribution >= 4 is 6.08 Å². The Balaban J connectivity index is 2.14. The minimum Gasteiger partial charge on any atom is -0.396 e. The maximum absolute atomic E-state index is 8.75. The molecule has 2 N–H and O–H groups in total. The Bertz CT molecular complexity index is 295. The lowest BCUT2D eigenvalue weighted by Crippen LogP contribution is -2.21. The fraction of sp³-hybridized carbons (Fsp3) is 0.429. The molecular formula is C14H21NO. The molecule has 0 aliphatic rings. The van der Waals surface area contributed by atoms with E-state index < -0.39 is 0 Å². The van der Waals surface area contributed by atoms with Gasteiger partial charge in [-0.2, -0.15) is 0 Å². The molecule has 2 heteroatoms. The van der Waals surface area contributed by atoms with E-state index in [1.807, 2.05) is 18.2 Å². The molecular weight excluding hydrogens is 198 g/mol. The lowest BCUT2D eigenvalue weighted by atomic mass is 10.1. The first-order valence-electron chi connectivity index (χ1n) is 5.86. The third kappa shape index (κ3) is 5.69. The monoisotopic (exact) mass is 219 g/mol. The highest BCUT2D eigenvalue weighted by molar-refractivity contribution is 5.48. The molecule has 1 rings (SSSR count). The maximum atomic E-state index is 8.75. The van der Waals surface area contributed by atoms with Crippen molar-refractivity contribution in [1.82, 2.24) is 5.32 Å². The van der Waals surface area contributed by atoms with Crippen molar-refractivity contribution in [3.8, 4) is 0 Å². The molecule has 0 radical (unpaired) electrons. The summed E-state index contributed by atoms with van der Waals surface area (Å²) >= 11 is 0. The predicted octanol–water partition coefficient (Wildman–Crippen LogP) is 2.31. The SMILES string of the molecule is CC(CCO)CNCC=Cc1ccccc1. The molecule has 1 atom stereocenters. The minimum atomic E-state index is 0.280. The van der Waals surface area contributed by atoms with E-state index >= 15 is 0 Å². The molecule has 2 nitrogen and oxygen atoms in total. The third-order valence-corrected chi connectivity index (χ3v) is 2.49. The average molecular weight is 219 g/mol. The predicted molar refractivity (Wildman–Crippen MR) is 69.2 cm³/mol. The fourth-order valence-electron chi connectivity index (χ4n) is 1.49. The summed E-state index contributed by atoms with van der Waals surface area (Å²) in [6.07, 6.45) is 5.11. The molecule has 0 amide bonds. The van der Waals surface area contributed by atoms with Crippen molar-refractivity contribution in [2.24, 2.45) is 5.92 Å². The van der Waals surface area contributed by atoms with Crippen LogP contribution in [0, 0.1) is 5.92 Å². The van der Waals surface area contributed by atoms with Crippen LogP contribution in [0.5, 0.6) is 0 Å². The molecule has 1 unspecified atom stereocenters. The Labute approximate surface area is 98.0 Å². The molecule has 0 fully saturated rings. The number of rotatable bonds is 7. The van der Waals surface area contributed by atoms with E-state index in [9.17, 15) is 0 Å². The quantitative estimate of drug-likeness (QED) is 0.690. The number of aliphatic hydroxyl groups excluding tert-OH is 1. The lowest BCUT2D eigenvalue weighted by molar-refractivity contribution is 0.261. The molecule has 0 spiro atoms. The summed E-state index contributed by atoms with van der Waals surface area (Å²) in [5.74, 6) is 0.537. The zero-order chi connectivity index (χ0) is 11.6. The second kappa shape index (κ2) is 8.08. The van der Waals surface area contributed by atoms with Crippen LogP contribution in [-0.2, 0) is 0 Å². The van der Waals surface area contributed by atoms with Crippen molar-refractivity contribution in [3.63, 3.8) is 0 Å². The van der Waals surface area contributed by atoms with Crippen LogP contribution in [0.15, 0.2) is 36.4 Å². The zero-order valence-electron chi connectivity index (χ0n) is 9.89. The van der Waals surface area contributed by atoms with Gasteiger partial charge in [0, 0.05) is 13.2 Å². The van der Waals surface area contributed by atoms with E-state index in [1.165, 1.54) is 5.56 Å². The molecule has 0 saturated heterocycles. The summed E-state index contributed by atoms with van der Waals surface area (Å²) in [6, 6.07) is 10.3. The van der Waals surface area contributed by atoms with Crippen LogP contribution in [-0.4, -0.2) is 24.8 Å². The number of benzene rings is 1. The van der Waals surface area contributed by atoms with Gasteiger partial charge in [-0.1, -0.05) is 49.4 Å². The lowest BCUT2D eigenvalue weighted by Gasteiger charge is -2.09. The minimum absolute atomic E-state index is 0.280. The molecule has 0 bridgehead atoms. The van der Waals surface area contributed by atoms with Gasteiger partial charge in [0.05, 0.1) is 0 Å². The highest BCUT2D eigenvalue weighted by Gasteiger charge is 1.98. The van der Waals surface area contributed by atoms with Gasteiger partial charge in [0.15, 0.2) is 0 Å².